The molecular formula is C14H15F3INO2. The third-order valence-electron chi connectivity index (χ3n) is 2.78. The first kappa shape index (κ1) is 17.8. The summed E-state index contributed by atoms with van der Waals surface area (Å²) in [5.74, 6) is -1.22. The minimum Gasteiger partial charge on any atom is -0.497 e. The number of rotatable bonds is 6. The molecule has 0 saturated carbocycles. The van der Waals surface area contributed by atoms with Gasteiger partial charge in [-0.3, -0.25) is 4.79 Å². The number of carbonyl (C=O) groups excluding carboxylic acids is 1. The van der Waals surface area contributed by atoms with Gasteiger partial charge in [-0.05, 0) is 52.8 Å². The zero-order valence-electron chi connectivity index (χ0n) is 11.4. The van der Waals surface area contributed by atoms with Gasteiger partial charge in [0.25, 0.3) is 0 Å². The van der Waals surface area contributed by atoms with E-state index in [-0.39, 0.29) is 13.1 Å². The minimum absolute atomic E-state index is 0.0342. The highest BCUT2D eigenvalue weighted by Gasteiger charge is 2.41. The van der Waals surface area contributed by atoms with Gasteiger partial charge in [0.05, 0.1) is 7.11 Å². The van der Waals surface area contributed by atoms with Gasteiger partial charge >= 0.3 is 12.1 Å². The van der Waals surface area contributed by atoms with Crippen molar-refractivity contribution in [3.05, 3.63) is 40.0 Å². The minimum atomic E-state index is -4.87. The Bertz CT molecular complexity index is 517. The van der Waals surface area contributed by atoms with Crippen LogP contribution in [0.1, 0.15) is 5.56 Å². The molecule has 0 spiro atoms. The second kappa shape index (κ2) is 7.67. The van der Waals surface area contributed by atoms with Crippen molar-refractivity contribution in [2.24, 2.45) is 0 Å². The van der Waals surface area contributed by atoms with Crippen molar-refractivity contribution in [2.75, 3.05) is 20.2 Å². The van der Waals surface area contributed by atoms with Crippen LogP contribution < -0.4 is 4.74 Å². The Kier molecular flexibility index (Phi) is 6.50. The maximum Gasteiger partial charge on any atom is 0.471 e. The molecule has 1 amide bonds. The van der Waals surface area contributed by atoms with Crippen LogP contribution in [-0.4, -0.2) is 37.2 Å². The van der Waals surface area contributed by atoms with E-state index in [1.165, 1.54) is 13.2 Å². The first-order valence-corrected chi connectivity index (χ1v) is 7.17. The maximum atomic E-state index is 12.5. The molecule has 21 heavy (non-hydrogen) atoms. The van der Waals surface area contributed by atoms with E-state index in [0.717, 1.165) is 14.0 Å². The molecule has 116 valence electrons. The molecule has 0 aliphatic carbocycles. The zero-order chi connectivity index (χ0) is 16.0. The van der Waals surface area contributed by atoms with Crippen molar-refractivity contribution >= 4 is 28.5 Å². The lowest BCUT2D eigenvalue weighted by Gasteiger charge is -2.22. The maximum absolute atomic E-state index is 12.5. The molecule has 1 rings (SSSR count). The standard InChI is InChI=1S/C14H15F3INO2/c1-3-7-19(13(20)14(15,16)17)8-6-10-9-11(21-2)4-5-12(10)18/h3-5,9H,1,6-8H2,2H3. The topological polar surface area (TPSA) is 29.5 Å². The van der Waals surface area contributed by atoms with Gasteiger partial charge in [0, 0.05) is 16.7 Å². The number of methoxy groups -OCH3 is 1. The van der Waals surface area contributed by atoms with Crippen molar-refractivity contribution in [3.8, 4) is 5.75 Å². The summed E-state index contributed by atoms with van der Waals surface area (Å²) in [6.07, 6.45) is -3.28. The highest BCUT2D eigenvalue weighted by atomic mass is 127. The van der Waals surface area contributed by atoms with Crippen molar-refractivity contribution in [3.63, 3.8) is 0 Å². The lowest BCUT2D eigenvalue weighted by atomic mass is 10.1. The number of ether oxygens (including phenoxy) is 1. The summed E-state index contributed by atoms with van der Waals surface area (Å²) in [5.41, 5.74) is 0.832. The molecule has 0 aliphatic rings. The summed E-state index contributed by atoms with van der Waals surface area (Å²) in [5, 5.41) is 0. The Morgan fingerprint density at radius 1 is 1.48 bits per heavy atom. The molecule has 0 aromatic heterocycles. The van der Waals surface area contributed by atoms with Crippen LogP contribution in [0.5, 0.6) is 5.75 Å². The van der Waals surface area contributed by atoms with E-state index >= 15 is 0 Å². The molecule has 0 saturated heterocycles. The van der Waals surface area contributed by atoms with Crippen LogP contribution in [0.2, 0.25) is 0 Å². The Morgan fingerprint density at radius 3 is 2.67 bits per heavy atom. The Morgan fingerprint density at radius 2 is 2.14 bits per heavy atom. The second-order valence-corrected chi connectivity index (χ2v) is 5.41. The average molecular weight is 413 g/mol. The summed E-state index contributed by atoms with van der Waals surface area (Å²) >= 11 is 2.09. The van der Waals surface area contributed by atoms with E-state index in [2.05, 4.69) is 29.2 Å². The molecule has 0 aliphatic heterocycles. The van der Waals surface area contributed by atoms with Crippen molar-refractivity contribution in [2.45, 2.75) is 12.6 Å². The van der Waals surface area contributed by atoms with Gasteiger partial charge in [-0.1, -0.05) is 6.08 Å². The lowest BCUT2D eigenvalue weighted by Crippen LogP contribution is -2.42. The van der Waals surface area contributed by atoms with E-state index < -0.39 is 12.1 Å². The monoisotopic (exact) mass is 413 g/mol. The summed E-state index contributed by atoms with van der Waals surface area (Å²) in [6.45, 7) is 3.21. The normalized spacial score (nSPS) is 11.1. The summed E-state index contributed by atoms with van der Waals surface area (Å²) in [4.78, 5) is 12.0. The van der Waals surface area contributed by atoms with E-state index in [9.17, 15) is 18.0 Å². The predicted molar refractivity (Wildman–Crippen MR) is 82.2 cm³/mol. The molecule has 7 heteroatoms. The Balaban J connectivity index is 2.82. The molecule has 0 bridgehead atoms. The van der Waals surface area contributed by atoms with Gasteiger partial charge in [0.1, 0.15) is 5.75 Å². The Labute approximate surface area is 134 Å². The summed E-state index contributed by atoms with van der Waals surface area (Å²) < 4.78 is 43.5. The predicted octanol–water partition coefficient (Wildman–Crippen LogP) is 3.42. The number of halogens is 4. The molecule has 0 heterocycles. The third kappa shape index (κ3) is 5.22. The average Bonchev–Trinajstić information content (AvgIpc) is 2.43. The lowest BCUT2D eigenvalue weighted by molar-refractivity contribution is -0.184. The number of hydrogen-bond acceptors (Lipinski definition) is 2. The highest BCUT2D eigenvalue weighted by molar-refractivity contribution is 14.1. The molecule has 1 aromatic carbocycles. The smallest absolute Gasteiger partial charge is 0.471 e. The quantitative estimate of drug-likeness (QED) is 0.529. The van der Waals surface area contributed by atoms with E-state index in [0.29, 0.717) is 12.2 Å². The second-order valence-electron chi connectivity index (χ2n) is 4.24. The molecule has 0 N–H and O–H groups in total. The number of amides is 1. The van der Waals surface area contributed by atoms with Crippen LogP contribution in [0.3, 0.4) is 0 Å². The fraction of sp³-hybridized carbons (Fsp3) is 0.357. The first-order chi connectivity index (χ1) is 9.79. The van der Waals surface area contributed by atoms with Gasteiger partial charge in [-0.15, -0.1) is 6.58 Å². The molecule has 3 nitrogen and oxygen atoms in total. The largest absolute Gasteiger partial charge is 0.497 e. The number of benzene rings is 1. The molecule has 1 aromatic rings. The molecule has 0 radical (unpaired) electrons. The molecule has 0 atom stereocenters. The summed E-state index contributed by atoms with van der Waals surface area (Å²) in [7, 11) is 1.52. The van der Waals surface area contributed by atoms with E-state index in [1.54, 1.807) is 12.1 Å². The van der Waals surface area contributed by atoms with Crippen molar-refractivity contribution in [1.29, 1.82) is 0 Å². The van der Waals surface area contributed by atoms with Gasteiger partial charge in [0.2, 0.25) is 0 Å². The molecule has 0 fully saturated rings. The summed E-state index contributed by atoms with van der Waals surface area (Å²) in [6, 6.07) is 5.34. The van der Waals surface area contributed by atoms with Crippen LogP contribution in [-0.2, 0) is 11.2 Å². The van der Waals surface area contributed by atoms with Gasteiger partial charge < -0.3 is 9.64 Å². The third-order valence-corrected chi connectivity index (χ3v) is 3.84. The molecular weight excluding hydrogens is 398 g/mol. The van der Waals surface area contributed by atoms with E-state index in [1.807, 2.05) is 6.07 Å². The van der Waals surface area contributed by atoms with Crippen molar-refractivity contribution in [1.82, 2.24) is 4.90 Å². The van der Waals surface area contributed by atoms with Gasteiger partial charge in [-0.2, -0.15) is 13.2 Å². The zero-order valence-corrected chi connectivity index (χ0v) is 13.6. The van der Waals surface area contributed by atoms with Crippen LogP contribution in [0.15, 0.2) is 30.9 Å². The molecule has 0 unspecified atom stereocenters. The van der Waals surface area contributed by atoms with E-state index in [4.69, 9.17) is 4.74 Å². The van der Waals surface area contributed by atoms with Gasteiger partial charge in [0.15, 0.2) is 0 Å². The van der Waals surface area contributed by atoms with Crippen LogP contribution in [0, 0.1) is 3.57 Å². The number of hydrogen-bond donors (Lipinski definition) is 0. The highest BCUT2D eigenvalue weighted by Crippen LogP contribution is 2.22. The Hall–Kier alpha value is -1.25. The number of carbonyl (C=O) groups is 1. The van der Waals surface area contributed by atoms with Crippen LogP contribution in [0.25, 0.3) is 0 Å². The van der Waals surface area contributed by atoms with Crippen molar-refractivity contribution < 1.29 is 22.7 Å². The SMILES string of the molecule is C=CCN(CCc1cc(OC)ccc1I)C(=O)C(F)(F)F. The fourth-order valence-electron chi connectivity index (χ4n) is 1.74. The van der Waals surface area contributed by atoms with Gasteiger partial charge in [-0.25, -0.2) is 0 Å². The number of nitrogens with zero attached hydrogens (tertiary/aromatic N) is 1. The van der Waals surface area contributed by atoms with Crippen LogP contribution >= 0.6 is 22.6 Å². The fourth-order valence-corrected chi connectivity index (χ4v) is 2.34. The first-order valence-electron chi connectivity index (χ1n) is 6.09. The van der Waals surface area contributed by atoms with Crippen LogP contribution in [0.4, 0.5) is 13.2 Å². The number of alkyl halides is 3.